The minimum Gasteiger partial charge on any atom is -0.508 e. The van der Waals surface area contributed by atoms with Crippen molar-refractivity contribution in [3.8, 4) is 5.75 Å². The summed E-state index contributed by atoms with van der Waals surface area (Å²) < 4.78 is 12.0. The van der Waals surface area contributed by atoms with Crippen LogP contribution < -0.4 is 5.73 Å². The fourth-order valence-electron chi connectivity index (χ4n) is 1.54. The molecule has 0 aromatic heterocycles. The van der Waals surface area contributed by atoms with Crippen molar-refractivity contribution in [2.75, 3.05) is 6.16 Å². The van der Waals surface area contributed by atoms with E-state index in [-0.39, 0.29) is 11.3 Å². The van der Waals surface area contributed by atoms with Crippen LogP contribution in [-0.4, -0.2) is 27.2 Å². The molecule has 0 bridgehead atoms. The Labute approximate surface area is 105 Å². The van der Waals surface area contributed by atoms with Gasteiger partial charge in [-0.1, -0.05) is 25.1 Å². The van der Waals surface area contributed by atoms with E-state index in [0.717, 1.165) is 0 Å². The first kappa shape index (κ1) is 14.7. The van der Waals surface area contributed by atoms with Gasteiger partial charge in [0.15, 0.2) is 0 Å². The summed E-state index contributed by atoms with van der Waals surface area (Å²) in [6.07, 6.45) is -0.433. The number of rotatable bonds is 5. The predicted molar refractivity (Wildman–Crippen MR) is 66.5 cm³/mol. The number of carboxylic acid groups (broad SMARTS) is 1. The maximum atomic E-state index is 12.0. The van der Waals surface area contributed by atoms with Gasteiger partial charge in [0.05, 0.1) is 5.92 Å². The van der Waals surface area contributed by atoms with Gasteiger partial charge in [-0.2, -0.15) is 0 Å². The molecule has 1 rings (SSSR count). The Morgan fingerprint density at radius 1 is 1.44 bits per heavy atom. The summed E-state index contributed by atoms with van der Waals surface area (Å²) in [5.74, 6) is -3.60. The second kappa shape index (κ2) is 5.52. The highest BCUT2D eigenvalue weighted by Gasteiger charge is 2.34. The van der Waals surface area contributed by atoms with Gasteiger partial charge in [0.2, 0.25) is 7.37 Å². The molecule has 0 saturated carbocycles. The van der Waals surface area contributed by atoms with Crippen LogP contribution in [0.5, 0.6) is 5.75 Å². The lowest BCUT2D eigenvalue weighted by molar-refractivity contribution is -0.140. The zero-order valence-corrected chi connectivity index (χ0v) is 10.7. The number of nitrogens with two attached hydrogens (primary N) is 1. The summed E-state index contributed by atoms with van der Waals surface area (Å²) in [7, 11) is -3.91. The lowest BCUT2D eigenvalue weighted by atomic mass is 10.2. The third-order valence-corrected chi connectivity index (χ3v) is 4.87. The van der Waals surface area contributed by atoms with E-state index in [1.165, 1.54) is 19.1 Å². The van der Waals surface area contributed by atoms with Gasteiger partial charge in [0.1, 0.15) is 11.5 Å². The number of carboxylic acids is 1. The number of phenolic OH excluding ortho intramolecular Hbond substituents is 1. The quantitative estimate of drug-likeness (QED) is 0.601. The van der Waals surface area contributed by atoms with Gasteiger partial charge in [-0.15, -0.1) is 0 Å². The van der Waals surface area contributed by atoms with Crippen LogP contribution in [0.4, 0.5) is 0 Å². The molecule has 0 aliphatic rings. The topological polar surface area (TPSA) is 121 Å². The van der Waals surface area contributed by atoms with E-state index in [1.807, 2.05) is 0 Å². The molecule has 0 heterocycles. The van der Waals surface area contributed by atoms with Crippen LogP contribution in [0, 0.1) is 5.92 Å². The first-order valence-electron chi connectivity index (χ1n) is 5.33. The zero-order valence-electron chi connectivity index (χ0n) is 9.85. The average molecular weight is 273 g/mol. The smallest absolute Gasteiger partial charge is 0.306 e. The summed E-state index contributed by atoms with van der Waals surface area (Å²) in [4.78, 5) is 20.5. The third-order valence-electron chi connectivity index (χ3n) is 2.65. The molecule has 1 aromatic rings. The van der Waals surface area contributed by atoms with Crippen LogP contribution in [0.3, 0.4) is 0 Å². The van der Waals surface area contributed by atoms with E-state index in [0.29, 0.717) is 0 Å². The monoisotopic (exact) mass is 273 g/mol. The van der Waals surface area contributed by atoms with Crippen LogP contribution in [0.25, 0.3) is 0 Å². The number of aliphatic carboxylic acids is 1. The van der Waals surface area contributed by atoms with Crippen molar-refractivity contribution < 1.29 is 24.5 Å². The van der Waals surface area contributed by atoms with E-state index in [2.05, 4.69) is 0 Å². The van der Waals surface area contributed by atoms with Crippen LogP contribution in [0.2, 0.25) is 0 Å². The zero-order chi connectivity index (χ0) is 13.9. The molecule has 0 spiro atoms. The molecule has 6 nitrogen and oxygen atoms in total. The summed E-state index contributed by atoms with van der Waals surface area (Å²) >= 11 is 0. The van der Waals surface area contributed by atoms with Crippen molar-refractivity contribution in [3.05, 3.63) is 29.8 Å². The molecule has 0 fully saturated rings. The number of para-hydroxylation sites is 1. The van der Waals surface area contributed by atoms with Crippen molar-refractivity contribution in [2.45, 2.75) is 12.7 Å². The fraction of sp³-hybridized carbons (Fsp3) is 0.364. The number of phenols is 1. The Balaban J connectivity index is 2.95. The minimum absolute atomic E-state index is 0.140. The Hall–Kier alpha value is -1.36. The van der Waals surface area contributed by atoms with E-state index in [1.54, 1.807) is 12.1 Å². The second-order valence-corrected chi connectivity index (χ2v) is 6.61. The molecule has 0 amide bonds. The summed E-state index contributed by atoms with van der Waals surface area (Å²) in [5, 5.41) is 18.3. The highest BCUT2D eigenvalue weighted by atomic mass is 31.2. The first-order chi connectivity index (χ1) is 8.25. The van der Waals surface area contributed by atoms with Gasteiger partial charge < -0.3 is 20.8 Å². The summed E-state index contributed by atoms with van der Waals surface area (Å²) in [5.41, 5.74) is 5.80. The standard InChI is InChI=1S/C11H16NO5P/c1-7(11(14)15)6-18(16,17)10(12)8-4-2-3-5-9(8)13/h2-5,7,10,13H,6,12H2,1H3,(H,14,15)(H,16,17)/t7-,10+/m1/s1. The minimum atomic E-state index is -3.91. The number of aromatic hydroxyl groups is 1. The van der Waals surface area contributed by atoms with Crippen LogP contribution in [0.1, 0.15) is 18.3 Å². The molecule has 5 N–H and O–H groups in total. The van der Waals surface area contributed by atoms with Crippen molar-refractivity contribution in [2.24, 2.45) is 11.7 Å². The largest absolute Gasteiger partial charge is 0.508 e. The molecule has 18 heavy (non-hydrogen) atoms. The van der Waals surface area contributed by atoms with E-state index in [9.17, 15) is 19.4 Å². The average Bonchev–Trinajstić information content (AvgIpc) is 2.28. The van der Waals surface area contributed by atoms with Crippen LogP contribution >= 0.6 is 7.37 Å². The lowest BCUT2D eigenvalue weighted by Gasteiger charge is -2.21. The highest BCUT2D eigenvalue weighted by molar-refractivity contribution is 7.58. The van der Waals surface area contributed by atoms with Crippen molar-refractivity contribution >= 4 is 13.3 Å². The molecule has 100 valence electrons. The molecule has 0 aliphatic carbocycles. The van der Waals surface area contributed by atoms with Gasteiger partial charge in [-0.3, -0.25) is 9.36 Å². The van der Waals surface area contributed by atoms with Crippen molar-refractivity contribution in [1.29, 1.82) is 0 Å². The molecule has 0 saturated heterocycles. The second-order valence-electron chi connectivity index (χ2n) is 4.18. The molecule has 3 atom stereocenters. The SMILES string of the molecule is C[C@H](CP(=O)(O)[C@H](N)c1ccccc1O)C(=O)O. The van der Waals surface area contributed by atoms with Crippen molar-refractivity contribution in [3.63, 3.8) is 0 Å². The number of carbonyl (C=O) groups is 1. The van der Waals surface area contributed by atoms with Crippen molar-refractivity contribution in [1.82, 2.24) is 0 Å². The fourth-order valence-corrected chi connectivity index (χ4v) is 3.36. The van der Waals surface area contributed by atoms with Gasteiger partial charge in [-0.25, -0.2) is 0 Å². The molecule has 1 unspecified atom stereocenters. The molecular weight excluding hydrogens is 257 g/mol. The third kappa shape index (κ3) is 3.32. The number of hydrogen-bond donors (Lipinski definition) is 4. The van der Waals surface area contributed by atoms with E-state index < -0.39 is 31.2 Å². The first-order valence-corrected chi connectivity index (χ1v) is 7.25. The lowest BCUT2D eigenvalue weighted by Crippen LogP contribution is -2.20. The van der Waals surface area contributed by atoms with Gasteiger partial charge in [-0.05, 0) is 6.07 Å². The molecule has 7 heteroatoms. The Kier molecular flexibility index (Phi) is 4.51. The van der Waals surface area contributed by atoms with Gasteiger partial charge >= 0.3 is 5.97 Å². The van der Waals surface area contributed by atoms with Gasteiger partial charge in [0, 0.05) is 11.7 Å². The van der Waals surface area contributed by atoms with E-state index >= 15 is 0 Å². The number of benzene rings is 1. The maximum Gasteiger partial charge on any atom is 0.306 e. The summed E-state index contributed by atoms with van der Waals surface area (Å²) in [6.45, 7) is 1.34. The van der Waals surface area contributed by atoms with Crippen LogP contribution in [0.15, 0.2) is 24.3 Å². The predicted octanol–water partition coefficient (Wildman–Crippen LogP) is 1.34. The summed E-state index contributed by atoms with van der Waals surface area (Å²) in [6, 6.07) is 5.94. The van der Waals surface area contributed by atoms with Gasteiger partial charge in [0.25, 0.3) is 0 Å². The molecule has 1 aromatic carbocycles. The normalized spacial score (nSPS) is 17.7. The molecule has 0 aliphatic heterocycles. The maximum absolute atomic E-state index is 12.0. The Morgan fingerprint density at radius 3 is 2.50 bits per heavy atom. The van der Waals surface area contributed by atoms with E-state index in [4.69, 9.17) is 10.8 Å². The number of hydrogen-bond acceptors (Lipinski definition) is 4. The Bertz CT molecular complexity index is 490. The Morgan fingerprint density at radius 2 is 2.00 bits per heavy atom. The van der Waals surface area contributed by atoms with Crippen LogP contribution in [-0.2, 0) is 9.36 Å². The highest BCUT2D eigenvalue weighted by Crippen LogP contribution is 2.55. The molecular formula is C11H16NO5P. The molecule has 0 radical (unpaired) electrons.